The summed E-state index contributed by atoms with van der Waals surface area (Å²) >= 11 is 5.67. The highest BCUT2D eigenvalue weighted by Crippen LogP contribution is 2.37. The van der Waals surface area contributed by atoms with Crippen LogP contribution < -0.4 is 5.32 Å². The van der Waals surface area contributed by atoms with E-state index in [-0.39, 0.29) is 16.5 Å². The maximum Gasteiger partial charge on any atom is 0.418 e. The van der Waals surface area contributed by atoms with Gasteiger partial charge in [-0.2, -0.15) is 13.2 Å². The van der Waals surface area contributed by atoms with E-state index < -0.39 is 23.6 Å². The van der Waals surface area contributed by atoms with Crippen LogP contribution in [0.1, 0.15) is 39.9 Å². The van der Waals surface area contributed by atoms with Gasteiger partial charge >= 0.3 is 6.18 Å². The van der Waals surface area contributed by atoms with Gasteiger partial charge in [0.1, 0.15) is 0 Å². The van der Waals surface area contributed by atoms with Crippen molar-refractivity contribution in [2.75, 3.05) is 5.32 Å². The highest BCUT2D eigenvalue weighted by molar-refractivity contribution is 6.30. The standard InChI is InChI=1S/C23H17ClF3NO2/c1-14(22(30)28-20-11-10-18(24)13-19(20)23(25,26)27)16-8-5-9-17(12-16)21(29)15-6-3-2-4-7-15/h2-14H,1H3,(H,28,30)/t14-/m0/s1. The van der Waals surface area contributed by atoms with Gasteiger partial charge in [-0.3, -0.25) is 9.59 Å². The number of amides is 1. The lowest BCUT2D eigenvalue weighted by atomic mass is 9.95. The molecule has 7 heteroatoms. The van der Waals surface area contributed by atoms with E-state index in [9.17, 15) is 22.8 Å². The van der Waals surface area contributed by atoms with Crippen molar-refractivity contribution in [3.63, 3.8) is 0 Å². The first kappa shape index (κ1) is 21.6. The van der Waals surface area contributed by atoms with E-state index in [4.69, 9.17) is 11.6 Å². The zero-order valence-electron chi connectivity index (χ0n) is 15.8. The molecule has 0 aromatic heterocycles. The Kier molecular flexibility index (Phi) is 6.27. The fraction of sp³-hybridized carbons (Fsp3) is 0.130. The number of halogens is 4. The fourth-order valence-corrected chi connectivity index (χ4v) is 3.13. The summed E-state index contributed by atoms with van der Waals surface area (Å²) in [6.07, 6.45) is -4.67. The second-order valence-corrected chi connectivity index (χ2v) is 7.16. The van der Waals surface area contributed by atoms with Crippen LogP contribution in [-0.4, -0.2) is 11.7 Å². The van der Waals surface area contributed by atoms with Gasteiger partial charge in [-0.15, -0.1) is 0 Å². The Morgan fingerprint density at radius 3 is 2.23 bits per heavy atom. The Labute approximate surface area is 176 Å². The Morgan fingerprint density at radius 1 is 0.900 bits per heavy atom. The number of ketones is 1. The molecule has 0 saturated heterocycles. The van der Waals surface area contributed by atoms with Crippen molar-refractivity contribution < 1.29 is 22.8 Å². The second-order valence-electron chi connectivity index (χ2n) is 6.72. The Bertz CT molecular complexity index is 1080. The normalized spacial score (nSPS) is 12.3. The molecule has 0 aliphatic rings. The topological polar surface area (TPSA) is 46.2 Å². The van der Waals surface area contributed by atoms with Gasteiger partial charge in [-0.25, -0.2) is 0 Å². The van der Waals surface area contributed by atoms with Crippen molar-refractivity contribution in [1.82, 2.24) is 0 Å². The third kappa shape index (κ3) is 4.89. The number of rotatable bonds is 5. The van der Waals surface area contributed by atoms with Crippen LogP contribution >= 0.6 is 11.6 Å². The van der Waals surface area contributed by atoms with Crippen LogP contribution in [0.15, 0.2) is 72.8 Å². The van der Waals surface area contributed by atoms with E-state index in [0.29, 0.717) is 16.7 Å². The van der Waals surface area contributed by atoms with Crippen molar-refractivity contribution >= 4 is 29.0 Å². The molecule has 0 radical (unpaired) electrons. The van der Waals surface area contributed by atoms with E-state index in [1.165, 1.54) is 6.07 Å². The van der Waals surface area contributed by atoms with Crippen LogP contribution in [0.5, 0.6) is 0 Å². The predicted octanol–water partition coefficient (Wildman–Crippen LogP) is 6.33. The molecule has 0 aliphatic heterocycles. The summed E-state index contributed by atoms with van der Waals surface area (Å²) in [5, 5.41) is 2.24. The van der Waals surface area contributed by atoms with E-state index in [1.54, 1.807) is 61.5 Å². The molecular weight excluding hydrogens is 415 g/mol. The smallest absolute Gasteiger partial charge is 0.325 e. The first-order valence-electron chi connectivity index (χ1n) is 9.04. The highest BCUT2D eigenvalue weighted by atomic mass is 35.5. The first-order valence-corrected chi connectivity index (χ1v) is 9.42. The van der Waals surface area contributed by atoms with Crippen LogP contribution in [0, 0.1) is 0 Å². The third-order valence-electron chi connectivity index (χ3n) is 4.62. The molecular formula is C23H17ClF3NO2. The molecule has 0 bridgehead atoms. The van der Waals surface area contributed by atoms with E-state index in [1.807, 2.05) is 0 Å². The summed E-state index contributed by atoms with van der Waals surface area (Å²) in [5.41, 5.74) is 0.00388. The Balaban J connectivity index is 1.83. The fourth-order valence-electron chi connectivity index (χ4n) is 2.96. The largest absolute Gasteiger partial charge is 0.418 e. The summed E-state index contributed by atoms with van der Waals surface area (Å²) < 4.78 is 39.8. The molecule has 0 saturated carbocycles. The minimum Gasteiger partial charge on any atom is -0.325 e. The van der Waals surface area contributed by atoms with E-state index in [2.05, 4.69) is 5.32 Å². The second kappa shape index (κ2) is 8.71. The molecule has 0 fully saturated rings. The lowest BCUT2D eigenvalue weighted by molar-refractivity contribution is -0.137. The third-order valence-corrected chi connectivity index (χ3v) is 4.86. The average molecular weight is 432 g/mol. The van der Waals surface area contributed by atoms with Crippen molar-refractivity contribution in [2.45, 2.75) is 19.0 Å². The van der Waals surface area contributed by atoms with Crippen LogP contribution in [0.2, 0.25) is 5.02 Å². The van der Waals surface area contributed by atoms with Crippen LogP contribution in [0.3, 0.4) is 0 Å². The SMILES string of the molecule is C[C@H](C(=O)Nc1ccc(Cl)cc1C(F)(F)F)c1cccc(C(=O)c2ccccc2)c1. The number of anilines is 1. The molecule has 1 N–H and O–H groups in total. The molecule has 3 aromatic rings. The van der Waals surface area contributed by atoms with Gasteiger partial charge in [0.15, 0.2) is 5.78 Å². The minimum atomic E-state index is -4.67. The molecule has 154 valence electrons. The number of carbonyl (C=O) groups is 2. The lowest BCUT2D eigenvalue weighted by Gasteiger charge is -2.17. The molecule has 3 nitrogen and oxygen atoms in total. The predicted molar refractivity (Wildman–Crippen MR) is 110 cm³/mol. The number of benzene rings is 3. The van der Waals surface area contributed by atoms with Crippen LogP contribution in [0.25, 0.3) is 0 Å². The molecule has 1 atom stereocenters. The van der Waals surface area contributed by atoms with Gasteiger partial charge in [-0.05, 0) is 36.8 Å². The van der Waals surface area contributed by atoms with Crippen molar-refractivity contribution in [2.24, 2.45) is 0 Å². The molecule has 30 heavy (non-hydrogen) atoms. The van der Waals surface area contributed by atoms with Gasteiger partial charge in [0, 0.05) is 16.1 Å². The molecule has 0 unspecified atom stereocenters. The molecule has 3 aromatic carbocycles. The van der Waals surface area contributed by atoms with Gasteiger partial charge in [-0.1, -0.05) is 60.1 Å². The first-order chi connectivity index (χ1) is 14.2. The zero-order chi connectivity index (χ0) is 21.9. The number of carbonyl (C=O) groups excluding carboxylic acids is 2. The van der Waals surface area contributed by atoms with Crippen molar-refractivity contribution in [3.05, 3.63) is 100 Å². The number of nitrogens with one attached hydrogen (secondary N) is 1. The van der Waals surface area contributed by atoms with Gasteiger partial charge in [0.2, 0.25) is 5.91 Å². The summed E-state index contributed by atoms with van der Waals surface area (Å²) in [5.74, 6) is -1.63. The molecule has 0 heterocycles. The van der Waals surface area contributed by atoms with Crippen LogP contribution in [-0.2, 0) is 11.0 Å². The van der Waals surface area contributed by atoms with Gasteiger partial charge < -0.3 is 5.32 Å². The van der Waals surface area contributed by atoms with E-state index in [0.717, 1.165) is 12.1 Å². The quantitative estimate of drug-likeness (QED) is 0.479. The van der Waals surface area contributed by atoms with Gasteiger partial charge in [0.05, 0.1) is 17.2 Å². The zero-order valence-corrected chi connectivity index (χ0v) is 16.6. The molecule has 0 aliphatic carbocycles. The number of alkyl halides is 3. The van der Waals surface area contributed by atoms with E-state index >= 15 is 0 Å². The minimum absolute atomic E-state index is 0.0829. The summed E-state index contributed by atoms with van der Waals surface area (Å²) in [6.45, 7) is 1.56. The lowest BCUT2D eigenvalue weighted by Crippen LogP contribution is -2.21. The molecule has 3 rings (SSSR count). The van der Waals surface area contributed by atoms with Gasteiger partial charge in [0.25, 0.3) is 0 Å². The molecule has 1 amide bonds. The van der Waals surface area contributed by atoms with Crippen molar-refractivity contribution in [1.29, 1.82) is 0 Å². The van der Waals surface area contributed by atoms with Crippen LogP contribution in [0.4, 0.5) is 18.9 Å². The summed E-state index contributed by atoms with van der Waals surface area (Å²) in [6, 6.07) is 18.3. The highest BCUT2D eigenvalue weighted by Gasteiger charge is 2.34. The Hall–Kier alpha value is -3.12. The number of hydrogen-bond donors (Lipinski definition) is 1. The maximum atomic E-state index is 13.3. The number of hydrogen-bond acceptors (Lipinski definition) is 2. The summed E-state index contributed by atoms with van der Waals surface area (Å²) in [7, 11) is 0. The average Bonchev–Trinajstić information content (AvgIpc) is 2.73. The molecule has 0 spiro atoms. The van der Waals surface area contributed by atoms with Crippen molar-refractivity contribution in [3.8, 4) is 0 Å². The Morgan fingerprint density at radius 2 is 1.57 bits per heavy atom. The maximum absolute atomic E-state index is 13.3. The monoisotopic (exact) mass is 431 g/mol. The summed E-state index contributed by atoms with van der Waals surface area (Å²) in [4.78, 5) is 25.3.